The lowest BCUT2D eigenvalue weighted by molar-refractivity contribution is 0.563. The Morgan fingerprint density at radius 1 is 1.53 bits per heavy atom. The van der Waals surface area contributed by atoms with Crippen molar-refractivity contribution >= 4 is 11.6 Å². The standard InChI is InChI=1S/C13H16ClN/c1-4-6-13(15-5-2)12-9-11(14)8-7-10(12)3/h1,7-9,13,15H,5-6H2,2-3H3. The van der Waals surface area contributed by atoms with Crippen LogP contribution in [-0.4, -0.2) is 6.54 Å². The quantitative estimate of drug-likeness (QED) is 0.770. The molecule has 1 aromatic carbocycles. The summed E-state index contributed by atoms with van der Waals surface area (Å²) in [4.78, 5) is 0. The van der Waals surface area contributed by atoms with Crippen molar-refractivity contribution in [1.29, 1.82) is 0 Å². The van der Waals surface area contributed by atoms with Crippen molar-refractivity contribution in [3.8, 4) is 12.3 Å². The van der Waals surface area contributed by atoms with E-state index in [4.69, 9.17) is 18.0 Å². The van der Waals surface area contributed by atoms with Crippen molar-refractivity contribution in [2.75, 3.05) is 6.54 Å². The first-order valence-corrected chi connectivity index (χ1v) is 5.49. The molecule has 0 radical (unpaired) electrons. The molecule has 0 spiro atoms. The predicted molar refractivity (Wildman–Crippen MR) is 66.1 cm³/mol. The van der Waals surface area contributed by atoms with Gasteiger partial charge < -0.3 is 5.32 Å². The summed E-state index contributed by atoms with van der Waals surface area (Å²) >= 11 is 5.98. The molecule has 0 aromatic heterocycles. The zero-order valence-corrected chi connectivity index (χ0v) is 9.93. The Kier molecular flexibility index (Phi) is 4.68. The summed E-state index contributed by atoms with van der Waals surface area (Å²) in [5.74, 6) is 2.69. The molecule has 0 fully saturated rings. The van der Waals surface area contributed by atoms with Gasteiger partial charge in [0.15, 0.2) is 0 Å². The summed E-state index contributed by atoms with van der Waals surface area (Å²) in [6.07, 6.45) is 6.05. The maximum Gasteiger partial charge on any atom is 0.0433 e. The molecule has 1 rings (SSSR count). The maximum atomic E-state index is 5.98. The lowest BCUT2D eigenvalue weighted by Crippen LogP contribution is -2.21. The number of benzene rings is 1. The second kappa shape index (κ2) is 5.80. The van der Waals surface area contributed by atoms with Gasteiger partial charge in [0.2, 0.25) is 0 Å². The molecule has 0 saturated heterocycles. The van der Waals surface area contributed by atoms with Gasteiger partial charge in [-0.25, -0.2) is 0 Å². The first-order valence-electron chi connectivity index (χ1n) is 5.12. The predicted octanol–water partition coefficient (Wildman–Crippen LogP) is 3.32. The highest BCUT2D eigenvalue weighted by Crippen LogP contribution is 2.23. The van der Waals surface area contributed by atoms with Crippen molar-refractivity contribution < 1.29 is 0 Å². The molecule has 15 heavy (non-hydrogen) atoms. The third-order valence-corrected chi connectivity index (χ3v) is 2.62. The molecule has 1 N–H and O–H groups in total. The molecule has 80 valence electrons. The van der Waals surface area contributed by atoms with E-state index in [-0.39, 0.29) is 6.04 Å². The fraction of sp³-hybridized carbons (Fsp3) is 0.385. The minimum atomic E-state index is 0.207. The minimum absolute atomic E-state index is 0.207. The summed E-state index contributed by atoms with van der Waals surface area (Å²) in [5.41, 5.74) is 2.42. The van der Waals surface area contributed by atoms with Gasteiger partial charge in [-0.05, 0) is 36.7 Å². The van der Waals surface area contributed by atoms with Gasteiger partial charge in [-0.2, -0.15) is 0 Å². The van der Waals surface area contributed by atoms with Gasteiger partial charge in [-0.15, -0.1) is 12.3 Å². The van der Waals surface area contributed by atoms with Crippen LogP contribution in [0, 0.1) is 19.3 Å². The number of halogens is 1. The lowest BCUT2D eigenvalue weighted by Gasteiger charge is -2.18. The van der Waals surface area contributed by atoms with Gasteiger partial charge in [0.1, 0.15) is 0 Å². The number of nitrogens with one attached hydrogen (secondary N) is 1. The van der Waals surface area contributed by atoms with Crippen LogP contribution in [-0.2, 0) is 0 Å². The number of hydrogen-bond donors (Lipinski definition) is 1. The monoisotopic (exact) mass is 221 g/mol. The number of hydrogen-bond acceptors (Lipinski definition) is 1. The third-order valence-electron chi connectivity index (χ3n) is 2.39. The van der Waals surface area contributed by atoms with E-state index < -0.39 is 0 Å². The first-order chi connectivity index (χ1) is 7.19. The Morgan fingerprint density at radius 3 is 2.87 bits per heavy atom. The molecule has 0 saturated carbocycles. The van der Waals surface area contributed by atoms with Crippen molar-refractivity contribution in [2.45, 2.75) is 26.3 Å². The van der Waals surface area contributed by atoms with Gasteiger partial charge in [-0.1, -0.05) is 24.6 Å². The summed E-state index contributed by atoms with van der Waals surface area (Å²) in [7, 11) is 0. The Labute approximate surface area is 96.8 Å². The molecular weight excluding hydrogens is 206 g/mol. The molecular formula is C13H16ClN. The van der Waals surface area contributed by atoms with Gasteiger partial charge in [0.05, 0.1) is 0 Å². The molecule has 2 heteroatoms. The molecule has 1 aromatic rings. The summed E-state index contributed by atoms with van der Waals surface area (Å²) < 4.78 is 0. The number of terminal acetylenes is 1. The fourth-order valence-corrected chi connectivity index (χ4v) is 1.82. The van der Waals surface area contributed by atoms with E-state index in [9.17, 15) is 0 Å². The van der Waals surface area contributed by atoms with E-state index in [0.29, 0.717) is 6.42 Å². The molecule has 0 bridgehead atoms. The SMILES string of the molecule is C#CCC(NCC)c1cc(Cl)ccc1C. The highest BCUT2D eigenvalue weighted by atomic mass is 35.5. The Morgan fingerprint density at radius 2 is 2.27 bits per heavy atom. The average molecular weight is 222 g/mol. The number of aryl methyl sites for hydroxylation is 1. The smallest absolute Gasteiger partial charge is 0.0433 e. The molecule has 1 unspecified atom stereocenters. The van der Waals surface area contributed by atoms with Crippen LogP contribution < -0.4 is 5.32 Å². The Balaban J connectivity index is 2.99. The minimum Gasteiger partial charge on any atom is -0.309 e. The van der Waals surface area contributed by atoms with Crippen LogP contribution in [0.4, 0.5) is 0 Å². The van der Waals surface area contributed by atoms with Crippen LogP contribution in [0.1, 0.15) is 30.5 Å². The molecule has 0 aliphatic carbocycles. The van der Waals surface area contributed by atoms with Gasteiger partial charge in [0, 0.05) is 17.5 Å². The third kappa shape index (κ3) is 3.27. The van der Waals surface area contributed by atoms with Gasteiger partial charge >= 0.3 is 0 Å². The maximum absolute atomic E-state index is 5.98. The van der Waals surface area contributed by atoms with Gasteiger partial charge in [0.25, 0.3) is 0 Å². The zero-order valence-electron chi connectivity index (χ0n) is 9.18. The molecule has 0 aliphatic rings. The average Bonchev–Trinajstić information content (AvgIpc) is 2.21. The van der Waals surface area contributed by atoms with E-state index in [2.05, 4.69) is 25.1 Å². The summed E-state index contributed by atoms with van der Waals surface area (Å²) in [6.45, 7) is 5.05. The lowest BCUT2D eigenvalue weighted by atomic mass is 9.99. The van der Waals surface area contributed by atoms with Crippen LogP contribution in [0.2, 0.25) is 5.02 Å². The molecule has 1 nitrogen and oxygen atoms in total. The van der Waals surface area contributed by atoms with Gasteiger partial charge in [-0.3, -0.25) is 0 Å². The van der Waals surface area contributed by atoms with E-state index in [1.54, 1.807) is 0 Å². The molecule has 0 aliphatic heterocycles. The topological polar surface area (TPSA) is 12.0 Å². The van der Waals surface area contributed by atoms with Crippen molar-refractivity contribution in [3.63, 3.8) is 0 Å². The van der Waals surface area contributed by atoms with Crippen LogP contribution in [0.15, 0.2) is 18.2 Å². The van der Waals surface area contributed by atoms with Crippen molar-refractivity contribution in [3.05, 3.63) is 34.3 Å². The Hall–Kier alpha value is -0.970. The summed E-state index contributed by atoms with van der Waals surface area (Å²) in [5, 5.41) is 4.13. The van der Waals surface area contributed by atoms with E-state index in [0.717, 1.165) is 11.6 Å². The molecule has 0 heterocycles. The normalized spacial score (nSPS) is 12.1. The van der Waals surface area contributed by atoms with Crippen LogP contribution in [0.5, 0.6) is 0 Å². The summed E-state index contributed by atoms with van der Waals surface area (Å²) in [6, 6.07) is 6.12. The first kappa shape index (κ1) is 12.1. The van der Waals surface area contributed by atoms with E-state index >= 15 is 0 Å². The second-order valence-corrected chi connectivity index (χ2v) is 3.96. The highest BCUT2D eigenvalue weighted by Gasteiger charge is 2.11. The number of rotatable bonds is 4. The van der Waals surface area contributed by atoms with E-state index in [1.807, 2.05) is 18.2 Å². The zero-order chi connectivity index (χ0) is 11.3. The van der Waals surface area contributed by atoms with Crippen LogP contribution in [0.3, 0.4) is 0 Å². The molecule has 1 atom stereocenters. The Bertz CT molecular complexity index is 365. The largest absolute Gasteiger partial charge is 0.309 e. The van der Waals surface area contributed by atoms with Crippen LogP contribution >= 0.6 is 11.6 Å². The fourth-order valence-electron chi connectivity index (χ4n) is 1.64. The van der Waals surface area contributed by atoms with Crippen LogP contribution in [0.25, 0.3) is 0 Å². The highest BCUT2D eigenvalue weighted by molar-refractivity contribution is 6.30. The van der Waals surface area contributed by atoms with E-state index in [1.165, 1.54) is 11.1 Å². The second-order valence-electron chi connectivity index (χ2n) is 3.52. The van der Waals surface area contributed by atoms with Crippen molar-refractivity contribution in [1.82, 2.24) is 5.32 Å². The van der Waals surface area contributed by atoms with Crippen molar-refractivity contribution in [2.24, 2.45) is 0 Å². The molecule has 0 amide bonds.